The maximum atomic E-state index is 11.9. The van der Waals surface area contributed by atoms with Crippen molar-refractivity contribution in [3.05, 3.63) is 27.7 Å². The molecule has 2 N–H and O–H groups in total. The van der Waals surface area contributed by atoms with E-state index in [9.17, 15) is 13.2 Å². The van der Waals surface area contributed by atoms with Gasteiger partial charge in [0.1, 0.15) is 11.0 Å². The van der Waals surface area contributed by atoms with E-state index in [1.54, 1.807) is 0 Å². The molecular weight excluding hydrogens is 329 g/mol. The first-order valence-electron chi connectivity index (χ1n) is 5.59. The van der Waals surface area contributed by atoms with Crippen LogP contribution in [0.15, 0.2) is 17.0 Å². The van der Waals surface area contributed by atoms with Crippen molar-refractivity contribution < 1.29 is 22.7 Å². The monoisotopic (exact) mass is 339 g/mol. The van der Waals surface area contributed by atoms with Gasteiger partial charge >= 0.3 is 5.97 Å². The number of halogens is 2. The van der Waals surface area contributed by atoms with Gasteiger partial charge in [0.05, 0.1) is 28.8 Å². The first-order valence-corrected chi connectivity index (χ1v) is 7.90. The molecule has 20 heavy (non-hydrogen) atoms. The number of rotatable bonds is 3. The Kier molecular flexibility index (Phi) is 4.55. The molecule has 0 bridgehead atoms. The van der Waals surface area contributed by atoms with Crippen molar-refractivity contribution in [1.82, 2.24) is 0 Å². The van der Waals surface area contributed by atoms with Gasteiger partial charge in [-0.3, -0.25) is 0 Å². The smallest absolute Gasteiger partial charge is 0.338 e. The van der Waals surface area contributed by atoms with Crippen molar-refractivity contribution >= 4 is 39.2 Å². The molecule has 2 rings (SSSR count). The largest absolute Gasteiger partial charge is 0.456 e. The summed E-state index contributed by atoms with van der Waals surface area (Å²) in [7, 11) is -4.09. The first kappa shape index (κ1) is 15.5. The fourth-order valence-electron chi connectivity index (χ4n) is 1.71. The van der Waals surface area contributed by atoms with Crippen LogP contribution in [0.4, 0.5) is 0 Å². The Morgan fingerprint density at radius 2 is 2.10 bits per heavy atom. The summed E-state index contributed by atoms with van der Waals surface area (Å²) >= 11 is 11.6. The summed E-state index contributed by atoms with van der Waals surface area (Å²) in [6, 6.07) is 2.28. The number of benzene rings is 1. The van der Waals surface area contributed by atoms with Crippen molar-refractivity contribution in [2.75, 3.05) is 13.2 Å². The maximum Gasteiger partial charge on any atom is 0.338 e. The highest BCUT2D eigenvalue weighted by molar-refractivity contribution is 7.89. The second kappa shape index (κ2) is 5.87. The van der Waals surface area contributed by atoms with E-state index in [0.29, 0.717) is 19.6 Å². The Morgan fingerprint density at radius 1 is 1.40 bits per heavy atom. The molecule has 1 aliphatic rings. The number of carbonyl (C=O) groups excluding carboxylic acids is 1. The minimum Gasteiger partial charge on any atom is -0.456 e. The molecule has 1 heterocycles. The summed E-state index contributed by atoms with van der Waals surface area (Å²) in [5, 5.41) is 4.70. The quantitative estimate of drug-likeness (QED) is 0.843. The standard InChI is InChI=1S/C11H11Cl2NO5S/c12-8-3-6(4-9(10(8)13)20(14,16)17)11(15)19-7-1-2-18-5-7/h3-4,7H,1-2,5H2,(H2,14,16,17). The lowest BCUT2D eigenvalue weighted by molar-refractivity contribution is 0.0270. The number of esters is 1. The predicted octanol–water partition coefficient (Wildman–Crippen LogP) is 1.59. The second-order valence-corrected chi connectivity index (χ2v) is 6.52. The van der Waals surface area contributed by atoms with E-state index in [2.05, 4.69) is 0 Å². The van der Waals surface area contributed by atoms with E-state index in [1.807, 2.05) is 0 Å². The third-order valence-electron chi connectivity index (χ3n) is 2.70. The van der Waals surface area contributed by atoms with Crippen molar-refractivity contribution in [3.8, 4) is 0 Å². The molecule has 1 fully saturated rings. The SMILES string of the molecule is NS(=O)(=O)c1cc(C(=O)OC2CCOC2)cc(Cl)c1Cl. The van der Waals surface area contributed by atoms with Gasteiger partial charge in [-0.2, -0.15) is 0 Å². The molecule has 1 saturated heterocycles. The van der Waals surface area contributed by atoms with Gasteiger partial charge in [-0.05, 0) is 12.1 Å². The van der Waals surface area contributed by atoms with Crippen LogP contribution in [0.2, 0.25) is 10.0 Å². The van der Waals surface area contributed by atoms with E-state index in [-0.39, 0.29) is 21.7 Å². The van der Waals surface area contributed by atoms with E-state index >= 15 is 0 Å². The zero-order chi connectivity index (χ0) is 14.9. The van der Waals surface area contributed by atoms with Crippen LogP contribution in [0.1, 0.15) is 16.8 Å². The van der Waals surface area contributed by atoms with Crippen molar-refractivity contribution in [2.45, 2.75) is 17.4 Å². The van der Waals surface area contributed by atoms with Gasteiger partial charge in [-0.1, -0.05) is 23.2 Å². The average molecular weight is 340 g/mol. The molecule has 110 valence electrons. The molecule has 1 atom stereocenters. The number of primary sulfonamides is 1. The van der Waals surface area contributed by atoms with Crippen molar-refractivity contribution in [3.63, 3.8) is 0 Å². The molecule has 0 saturated carbocycles. The third kappa shape index (κ3) is 3.42. The zero-order valence-corrected chi connectivity index (χ0v) is 12.5. The molecule has 0 aromatic heterocycles. The Balaban J connectivity index is 2.32. The average Bonchev–Trinajstić information content (AvgIpc) is 2.83. The highest BCUT2D eigenvalue weighted by atomic mass is 35.5. The summed E-state index contributed by atoms with van der Waals surface area (Å²) in [5.74, 6) is -0.705. The van der Waals surface area contributed by atoms with Gasteiger partial charge in [0, 0.05) is 6.42 Å². The number of hydrogen-bond acceptors (Lipinski definition) is 5. The molecule has 1 aromatic carbocycles. The molecule has 0 aliphatic carbocycles. The summed E-state index contributed by atoms with van der Waals surface area (Å²) in [4.78, 5) is 11.5. The Bertz CT molecular complexity index is 640. The molecule has 1 aliphatic heterocycles. The lowest BCUT2D eigenvalue weighted by Gasteiger charge is -2.11. The molecule has 0 amide bonds. The van der Waals surface area contributed by atoms with Gasteiger partial charge in [-0.25, -0.2) is 18.4 Å². The van der Waals surface area contributed by atoms with Crippen LogP contribution < -0.4 is 5.14 Å². The molecule has 0 spiro atoms. The van der Waals surface area contributed by atoms with Gasteiger partial charge in [0.25, 0.3) is 0 Å². The van der Waals surface area contributed by atoms with Crippen LogP contribution in [-0.4, -0.2) is 33.7 Å². The summed E-state index contributed by atoms with van der Waals surface area (Å²) < 4.78 is 33.0. The Labute approximate surface area is 125 Å². The van der Waals surface area contributed by atoms with E-state index in [1.165, 1.54) is 6.07 Å². The topological polar surface area (TPSA) is 95.7 Å². The molecule has 6 nitrogen and oxygen atoms in total. The summed E-state index contributed by atoms with van der Waals surface area (Å²) in [6.07, 6.45) is 0.240. The molecule has 9 heteroatoms. The van der Waals surface area contributed by atoms with Crippen LogP contribution in [0.5, 0.6) is 0 Å². The van der Waals surface area contributed by atoms with Crippen LogP contribution in [0.25, 0.3) is 0 Å². The number of carbonyl (C=O) groups is 1. The van der Waals surface area contributed by atoms with E-state index < -0.39 is 20.9 Å². The molecule has 1 unspecified atom stereocenters. The van der Waals surface area contributed by atoms with Gasteiger partial charge in [-0.15, -0.1) is 0 Å². The Hall–Kier alpha value is -0.860. The van der Waals surface area contributed by atoms with Crippen LogP contribution >= 0.6 is 23.2 Å². The van der Waals surface area contributed by atoms with Gasteiger partial charge < -0.3 is 9.47 Å². The van der Waals surface area contributed by atoms with Crippen molar-refractivity contribution in [1.29, 1.82) is 0 Å². The number of sulfonamides is 1. The highest BCUT2D eigenvalue weighted by Crippen LogP contribution is 2.30. The molecule has 0 radical (unpaired) electrons. The predicted molar refractivity (Wildman–Crippen MR) is 72.5 cm³/mol. The normalized spacial score (nSPS) is 19.1. The summed E-state index contributed by atoms with van der Waals surface area (Å²) in [5.41, 5.74) is -0.0321. The fourth-order valence-corrected chi connectivity index (χ4v) is 3.07. The van der Waals surface area contributed by atoms with Crippen LogP contribution in [-0.2, 0) is 19.5 Å². The second-order valence-electron chi connectivity index (χ2n) is 4.21. The Morgan fingerprint density at radius 3 is 2.65 bits per heavy atom. The zero-order valence-electron chi connectivity index (χ0n) is 10.1. The molecular formula is C11H11Cl2NO5S. The van der Waals surface area contributed by atoms with Crippen LogP contribution in [0.3, 0.4) is 0 Å². The minimum atomic E-state index is -4.09. The lowest BCUT2D eigenvalue weighted by atomic mass is 10.2. The van der Waals surface area contributed by atoms with Gasteiger partial charge in [0.2, 0.25) is 10.0 Å². The van der Waals surface area contributed by atoms with Crippen molar-refractivity contribution in [2.24, 2.45) is 5.14 Å². The van der Waals surface area contributed by atoms with E-state index in [4.69, 9.17) is 37.8 Å². The third-order valence-corrected chi connectivity index (χ3v) is 4.55. The summed E-state index contributed by atoms with van der Waals surface area (Å²) in [6.45, 7) is 0.830. The number of ether oxygens (including phenoxy) is 2. The van der Waals surface area contributed by atoms with Crippen LogP contribution in [0, 0.1) is 0 Å². The van der Waals surface area contributed by atoms with Gasteiger partial charge in [0.15, 0.2) is 0 Å². The molecule has 1 aromatic rings. The fraction of sp³-hybridized carbons (Fsp3) is 0.364. The highest BCUT2D eigenvalue weighted by Gasteiger charge is 2.24. The van der Waals surface area contributed by atoms with E-state index in [0.717, 1.165) is 6.07 Å². The lowest BCUT2D eigenvalue weighted by Crippen LogP contribution is -2.19. The number of nitrogens with two attached hydrogens (primary N) is 1. The maximum absolute atomic E-state index is 11.9. The number of hydrogen-bond donors (Lipinski definition) is 1. The minimum absolute atomic E-state index is 0.0321. The first-order chi connectivity index (χ1) is 9.29.